The maximum Gasteiger partial charge on any atom is 0.143 e. The average Bonchev–Trinajstić information content (AvgIpc) is 3.69. The summed E-state index contributed by atoms with van der Waals surface area (Å²) < 4.78 is 6.68. The summed E-state index contributed by atoms with van der Waals surface area (Å²) in [4.78, 5) is 2.47. The van der Waals surface area contributed by atoms with Gasteiger partial charge in [-0.05, 0) is 92.9 Å². The van der Waals surface area contributed by atoms with Crippen LogP contribution in [-0.2, 0) is 0 Å². The third-order valence-electron chi connectivity index (χ3n) is 12.5. The van der Waals surface area contributed by atoms with Crippen LogP contribution < -0.4 is 4.90 Å². The predicted octanol–water partition coefficient (Wildman–Crippen LogP) is 16.4. The third-order valence-corrected chi connectivity index (χ3v) is 12.5. The zero-order valence-electron chi connectivity index (χ0n) is 32.4. The summed E-state index contributed by atoms with van der Waals surface area (Å²) >= 11 is 0. The molecule has 0 saturated heterocycles. The van der Waals surface area contributed by atoms with Gasteiger partial charge in [0.1, 0.15) is 11.2 Å². The van der Waals surface area contributed by atoms with E-state index in [1.54, 1.807) is 0 Å². The summed E-state index contributed by atoms with van der Waals surface area (Å²) in [6.07, 6.45) is 6.45. The molecule has 1 fully saturated rings. The summed E-state index contributed by atoms with van der Waals surface area (Å²) in [7, 11) is 0. The van der Waals surface area contributed by atoms with Gasteiger partial charge in [-0.3, -0.25) is 0 Å². The van der Waals surface area contributed by atoms with Crippen molar-refractivity contribution in [3.63, 3.8) is 0 Å². The van der Waals surface area contributed by atoms with E-state index in [0.717, 1.165) is 50.1 Å². The lowest BCUT2D eigenvalue weighted by Crippen LogP contribution is -2.12. The highest BCUT2D eigenvalue weighted by molar-refractivity contribution is 6.11. The normalized spacial score (nSPS) is 13.4. The van der Waals surface area contributed by atoms with Crippen molar-refractivity contribution in [1.29, 1.82) is 0 Å². The van der Waals surface area contributed by atoms with Crippen molar-refractivity contribution >= 4 is 60.5 Å². The Kier molecular flexibility index (Phi) is 8.62. The second kappa shape index (κ2) is 14.6. The second-order valence-electron chi connectivity index (χ2n) is 15.8. The van der Waals surface area contributed by atoms with Crippen LogP contribution in [0.5, 0.6) is 0 Å². The van der Waals surface area contributed by atoms with Crippen molar-refractivity contribution in [3.8, 4) is 33.4 Å². The van der Waals surface area contributed by atoms with Gasteiger partial charge in [-0.25, -0.2) is 0 Å². The first-order valence-electron chi connectivity index (χ1n) is 20.8. The van der Waals surface area contributed by atoms with Gasteiger partial charge in [0.25, 0.3) is 0 Å². The Labute approximate surface area is 339 Å². The topological polar surface area (TPSA) is 16.4 Å². The van der Waals surface area contributed by atoms with E-state index in [0.29, 0.717) is 5.92 Å². The van der Waals surface area contributed by atoms with E-state index in [4.69, 9.17) is 4.42 Å². The minimum Gasteiger partial charge on any atom is -0.455 e. The molecule has 1 aliphatic rings. The number of fused-ring (bicyclic) bond motifs is 5. The number of hydrogen-bond donors (Lipinski definition) is 0. The first-order chi connectivity index (χ1) is 28.8. The fourth-order valence-corrected chi connectivity index (χ4v) is 9.78. The van der Waals surface area contributed by atoms with Gasteiger partial charge in [-0.15, -0.1) is 0 Å². The van der Waals surface area contributed by atoms with Crippen molar-refractivity contribution in [2.45, 2.75) is 38.0 Å². The third kappa shape index (κ3) is 5.87. The predicted molar refractivity (Wildman–Crippen MR) is 246 cm³/mol. The van der Waals surface area contributed by atoms with Crippen LogP contribution in [0.4, 0.5) is 17.1 Å². The molecule has 278 valence electrons. The van der Waals surface area contributed by atoms with Crippen LogP contribution in [0.15, 0.2) is 199 Å². The number of hydrogen-bond acceptors (Lipinski definition) is 2. The molecule has 11 rings (SSSR count). The van der Waals surface area contributed by atoms with Gasteiger partial charge in [0.15, 0.2) is 0 Å². The fraction of sp³-hybridized carbons (Fsp3) is 0.107. The Balaban J connectivity index is 1.14. The molecule has 9 aromatic carbocycles. The number of rotatable bonds is 7. The molecule has 0 radical (unpaired) electrons. The van der Waals surface area contributed by atoms with Crippen molar-refractivity contribution in [2.75, 3.05) is 4.90 Å². The van der Waals surface area contributed by atoms with Gasteiger partial charge >= 0.3 is 0 Å². The van der Waals surface area contributed by atoms with Crippen LogP contribution in [0.2, 0.25) is 0 Å². The van der Waals surface area contributed by atoms with E-state index in [1.165, 1.54) is 81.5 Å². The van der Waals surface area contributed by atoms with E-state index >= 15 is 0 Å². The summed E-state index contributed by atoms with van der Waals surface area (Å²) in [6.45, 7) is 0. The summed E-state index contributed by atoms with van der Waals surface area (Å²) in [6, 6.07) is 71.0. The molecule has 2 heteroatoms. The first-order valence-corrected chi connectivity index (χ1v) is 20.8. The van der Waals surface area contributed by atoms with E-state index in [2.05, 4.69) is 193 Å². The van der Waals surface area contributed by atoms with Gasteiger partial charge in [-0.2, -0.15) is 0 Å². The van der Waals surface area contributed by atoms with Crippen LogP contribution >= 0.6 is 0 Å². The molecular weight excluding hydrogens is 703 g/mol. The van der Waals surface area contributed by atoms with Crippen molar-refractivity contribution in [1.82, 2.24) is 0 Å². The Bertz CT molecular complexity index is 3100. The molecule has 0 aliphatic heterocycles. The minimum atomic E-state index is 0.577. The maximum absolute atomic E-state index is 6.68. The van der Waals surface area contributed by atoms with Gasteiger partial charge in [0.05, 0.1) is 11.4 Å². The zero-order valence-corrected chi connectivity index (χ0v) is 32.4. The molecular formula is C56H43NO. The molecule has 1 aliphatic carbocycles. The molecule has 1 heterocycles. The minimum absolute atomic E-state index is 0.577. The lowest BCUT2D eigenvalue weighted by atomic mass is 9.80. The van der Waals surface area contributed by atoms with Crippen LogP contribution in [0.25, 0.3) is 76.9 Å². The smallest absolute Gasteiger partial charge is 0.143 e. The number of nitrogens with zero attached hydrogens (tertiary/aromatic N) is 1. The van der Waals surface area contributed by atoms with Crippen molar-refractivity contribution < 1.29 is 4.42 Å². The fourth-order valence-electron chi connectivity index (χ4n) is 9.78. The molecule has 1 saturated carbocycles. The first kappa shape index (κ1) is 34.4. The lowest BCUT2D eigenvalue weighted by Gasteiger charge is -2.31. The second-order valence-corrected chi connectivity index (χ2v) is 15.8. The SMILES string of the molecule is c1ccc(N(c2ccc(-c3cccc4ccccc34)cc2)c2ccccc2-c2cccc3cccc(C4CCCCC4)c23)c(-c2cccc3c2oc2ccccc23)c1. The number of benzene rings is 9. The molecule has 2 nitrogen and oxygen atoms in total. The van der Waals surface area contributed by atoms with Gasteiger partial charge in [-0.1, -0.05) is 183 Å². The van der Waals surface area contributed by atoms with Crippen LogP contribution in [0.1, 0.15) is 43.6 Å². The summed E-state index contributed by atoms with van der Waals surface area (Å²) in [5, 5.41) is 7.45. The van der Waals surface area contributed by atoms with Gasteiger partial charge < -0.3 is 9.32 Å². The molecule has 0 unspecified atom stereocenters. The van der Waals surface area contributed by atoms with Crippen molar-refractivity contribution in [3.05, 3.63) is 200 Å². The molecule has 0 spiro atoms. The molecule has 0 amide bonds. The monoisotopic (exact) mass is 745 g/mol. The summed E-state index contributed by atoms with van der Waals surface area (Å²) in [5.41, 5.74) is 13.7. The Morgan fingerprint density at radius 1 is 0.397 bits per heavy atom. The Morgan fingerprint density at radius 3 is 1.74 bits per heavy atom. The Hall–Kier alpha value is -6.90. The maximum atomic E-state index is 6.68. The van der Waals surface area contributed by atoms with Crippen molar-refractivity contribution in [2.24, 2.45) is 0 Å². The molecule has 0 atom stereocenters. The number of furan rings is 1. The lowest BCUT2D eigenvalue weighted by molar-refractivity contribution is 0.445. The van der Waals surface area contributed by atoms with Crippen LogP contribution in [0.3, 0.4) is 0 Å². The quantitative estimate of drug-likeness (QED) is 0.162. The molecule has 58 heavy (non-hydrogen) atoms. The molecule has 10 aromatic rings. The molecule has 0 bridgehead atoms. The van der Waals surface area contributed by atoms with E-state index in [-0.39, 0.29) is 0 Å². The highest BCUT2D eigenvalue weighted by atomic mass is 16.3. The summed E-state index contributed by atoms with van der Waals surface area (Å²) in [5.74, 6) is 0.577. The largest absolute Gasteiger partial charge is 0.455 e. The highest BCUT2D eigenvalue weighted by Gasteiger charge is 2.25. The van der Waals surface area contributed by atoms with E-state index < -0.39 is 0 Å². The number of para-hydroxylation sites is 4. The molecule has 1 aromatic heterocycles. The van der Waals surface area contributed by atoms with Gasteiger partial charge in [0, 0.05) is 33.2 Å². The van der Waals surface area contributed by atoms with E-state index in [9.17, 15) is 0 Å². The average molecular weight is 746 g/mol. The number of anilines is 3. The van der Waals surface area contributed by atoms with Crippen LogP contribution in [0, 0.1) is 0 Å². The zero-order chi connectivity index (χ0) is 38.4. The highest BCUT2D eigenvalue weighted by Crippen LogP contribution is 2.49. The molecule has 0 N–H and O–H groups in total. The van der Waals surface area contributed by atoms with Crippen LogP contribution in [-0.4, -0.2) is 0 Å². The standard InChI is InChI=1S/C56H43NO/c1-2-16-39(17-3-1)45-27-13-20-41-21-14-28-49(55(41)45)46-23-6-9-31-52(46)57(42-36-34-40(35-37-42)44-26-12-19-38-18-4-5-22-43(38)44)53-32-10-7-24-47(53)50-29-15-30-51-48-25-8-11-33-54(48)58-56(50)51/h4-15,18-37,39H,1-3,16-17H2. The Morgan fingerprint density at radius 2 is 0.948 bits per heavy atom. The van der Waals surface area contributed by atoms with Gasteiger partial charge in [0.2, 0.25) is 0 Å². The van der Waals surface area contributed by atoms with E-state index in [1.807, 2.05) is 6.07 Å².